The third-order valence-corrected chi connectivity index (χ3v) is 11.8. The number of rotatable bonds is 0. The Hall–Kier alpha value is -2.99. The Morgan fingerprint density at radius 2 is 1.98 bits per heavy atom. The lowest BCUT2D eigenvalue weighted by atomic mass is 9.68. The van der Waals surface area contributed by atoms with E-state index >= 15 is 0 Å². The summed E-state index contributed by atoms with van der Waals surface area (Å²) in [4.78, 5) is 15.6. The second kappa shape index (κ2) is 11.8. The predicted molar refractivity (Wildman–Crippen MR) is 169 cm³/mol. The van der Waals surface area contributed by atoms with Crippen molar-refractivity contribution >= 4 is 33.2 Å². The maximum atomic E-state index is 13.3. The van der Waals surface area contributed by atoms with Crippen LogP contribution < -0.4 is 14.4 Å². The molecule has 1 saturated carbocycles. The number of benzene rings is 2. The lowest BCUT2D eigenvalue weighted by Crippen LogP contribution is -2.48. The molecule has 2 N–H and O–H groups in total. The molecular formula is C34H39ClN2O5S. The van der Waals surface area contributed by atoms with Crippen LogP contribution >= 0.6 is 11.6 Å². The van der Waals surface area contributed by atoms with Crippen molar-refractivity contribution in [2.24, 2.45) is 11.8 Å². The van der Waals surface area contributed by atoms with Gasteiger partial charge in [-0.3, -0.25) is 4.79 Å². The average Bonchev–Trinajstić information content (AvgIpc) is 3.10. The quantitative estimate of drug-likeness (QED) is 0.383. The Bertz CT molecular complexity index is 1630. The number of allylic oxidation sites excluding steroid dienone is 1. The van der Waals surface area contributed by atoms with Gasteiger partial charge in [0.25, 0.3) is 5.91 Å². The molecule has 228 valence electrons. The second-order valence-corrected chi connectivity index (χ2v) is 15.2. The van der Waals surface area contributed by atoms with E-state index in [-0.39, 0.29) is 29.7 Å². The highest BCUT2D eigenvalue weighted by molar-refractivity contribution is 7.90. The molecule has 1 spiro atoms. The van der Waals surface area contributed by atoms with Crippen LogP contribution in [-0.2, 0) is 21.9 Å². The van der Waals surface area contributed by atoms with Gasteiger partial charge in [-0.2, -0.15) is 0 Å². The Morgan fingerprint density at radius 3 is 2.74 bits per heavy atom. The van der Waals surface area contributed by atoms with Crippen molar-refractivity contribution in [3.8, 4) is 17.6 Å². The molecule has 6 rings (SSSR count). The maximum absolute atomic E-state index is 13.3. The summed E-state index contributed by atoms with van der Waals surface area (Å²) in [6.07, 6.45) is 6.43. The van der Waals surface area contributed by atoms with Crippen LogP contribution in [0.2, 0.25) is 5.02 Å². The first-order valence-corrected chi connectivity index (χ1v) is 17.2. The number of nitrogens with zero attached hydrogens (tertiary/aromatic N) is 1. The normalized spacial score (nSPS) is 31.4. The topological polar surface area (TPSA) is 95.9 Å². The van der Waals surface area contributed by atoms with E-state index in [2.05, 4.69) is 33.6 Å². The smallest absolute Gasteiger partial charge is 0.264 e. The SMILES string of the molecule is CC#C/C1=C\[C@@H](O)CC[C@@H](C)S(=O)(=O)NC(=O)c2ccc3c(c2)N(C[C@@H]2CC[C@H]12)C[C@@]1(CCCc2cc(Cl)ccc21)CO3. The Labute approximate surface area is 259 Å². The van der Waals surface area contributed by atoms with Gasteiger partial charge in [0.15, 0.2) is 0 Å². The highest BCUT2D eigenvalue weighted by atomic mass is 35.5. The van der Waals surface area contributed by atoms with E-state index in [0.29, 0.717) is 24.8 Å². The van der Waals surface area contributed by atoms with Gasteiger partial charge in [-0.15, -0.1) is 5.92 Å². The zero-order valence-electron chi connectivity index (χ0n) is 24.7. The van der Waals surface area contributed by atoms with Crippen LogP contribution in [0.3, 0.4) is 0 Å². The number of aryl methyl sites for hydroxylation is 1. The van der Waals surface area contributed by atoms with Crippen molar-refractivity contribution in [1.82, 2.24) is 4.72 Å². The number of sulfonamides is 1. The molecule has 5 atom stereocenters. The Balaban J connectivity index is 1.45. The van der Waals surface area contributed by atoms with E-state index in [4.69, 9.17) is 16.3 Å². The van der Waals surface area contributed by atoms with E-state index < -0.39 is 27.3 Å². The standard InChI is InChI=1S/C34H39ClN2O5S/c1-3-5-23-17-28(38)11-7-22(2)43(40,41)36-33(39)25-9-14-32-31(18-25)37(19-26-8-12-29(23)26)20-34(21-42-32)15-4-6-24-16-27(35)10-13-30(24)34/h9-10,13-14,16-18,22,26,28-29,38H,4,6-8,11-12,15,19-21H2,1-2H3,(H,36,39)/b23-17+/t22-,26+,28+,29-,34+/m1/s1. The van der Waals surface area contributed by atoms with Crippen LogP contribution in [0.5, 0.6) is 5.75 Å². The van der Waals surface area contributed by atoms with E-state index in [1.165, 1.54) is 11.1 Å². The molecule has 9 heteroatoms. The van der Waals surface area contributed by atoms with Crippen molar-refractivity contribution in [1.29, 1.82) is 0 Å². The van der Waals surface area contributed by atoms with Crippen LogP contribution in [0.1, 0.15) is 73.9 Å². The Kier molecular flexibility index (Phi) is 8.27. The number of amides is 1. The summed E-state index contributed by atoms with van der Waals surface area (Å²) in [5.74, 6) is 6.80. The molecule has 2 aromatic carbocycles. The number of anilines is 1. The highest BCUT2D eigenvalue weighted by Gasteiger charge is 2.44. The molecule has 1 fully saturated rings. The minimum Gasteiger partial charge on any atom is -0.490 e. The zero-order chi connectivity index (χ0) is 30.4. The number of fused-ring (bicyclic) bond motifs is 4. The summed E-state index contributed by atoms with van der Waals surface area (Å²) >= 11 is 6.40. The van der Waals surface area contributed by atoms with E-state index in [9.17, 15) is 18.3 Å². The molecule has 0 saturated heterocycles. The first-order valence-electron chi connectivity index (χ1n) is 15.3. The number of carbonyl (C=O) groups is 1. The summed E-state index contributed by atoms with van der Waals surface area (Å²) in [5.41, 5.74) is 4.23. The fourth-order valence-corrected chi connectivity index (χ4v) is 8.50. The molecule has 2 aliphatic carbocycles. The van der Waals surface area contributed by atoms with Gasteiger partial charge in [0, 0.05) is 34.7 Å². The molecule has 2 bridgehead atoms. The molecular weight excluding hydrogens is 584 g/mol. The van der Waals surface area contributed by atoms with Crippen LogP contribution in [-0.4, -0.2) is 50.5 Å². The molecule has 7 nitrogen and oxygen atoms in total. The number of aliphatic hydroxyl groups excluding tert-OH is 1. The van der Waals surface area contributed by atoms with Crippen molar-refractivity contribution in [2.45, 2.75) is 75.6 Å². The van der Waals surface area contributed by atoms with Crippen molar-refractivity contribution in [3.05, 3.63) is 69.8 Å². The third-order valence-electron chi connectivity index (χ3n) is 9.85. The fraction of sp³-hybridized carbons (Fsp3) is 0.500. The van der Waals surface area contributed by atoms with Gasteiger partial charge in [0.05, 0.1) is 23.6 Å². The number of halogens is 1. The fourth-order valence-electron chi connectivity index (χ4n) is 7.28. The number of carbonyl (C=O) groups excluding carboxylic acids is 1. The number of aliphatic hydroxyl groups is 1. The van der Waals surface area contributed by atoms with Gasteiger partial charge < -0.3 is 14.7 Å². The molecule has 2 aliphatic heterocycles. The molecule has 4 aliphatic rings. The van der Waals surface area contributed by atoms with Gasteiger partial charge in [-0.05, 0) is 118 Å². The maximum Gasteiger partial charge on any atom is 0.264 e. The number of ether oxygens (including phenoxy) is 1. The summed E-state index contributed by atoms with van der Waals surface area (Å²) in [7, 11) is -3.96. The molecule has 2 aromatic rings. The van der Waals surface area contributed by atoms with Crippen LogP contribution in [0, 0.1) is 23.7 Å². The van der Waals surface area contributed by atoms with Gasteiger partial charge in [-0.25, -0.2) is 13.1 Å². The van der Waals surface area contributed by atoms with Crippen molar-refractivity contribution < 1.29 is 23.1 Å². The average molecular weight is 623 g/mol. The second-order valence-electron chi connectivity index (χ2n) is 12.7. The molecule has 1 amide bonds. The van der Waals surface area contributed by atoms with Gasteiger partial charge in [0.1, 0.15) is 5.75 Å². The van der Waals surface area contributed by atoms with Crippen LogP contribution in [0.4, 0.5) is 5.69 Å². The summed E-state index contributed by atoms with van der Waals surface area (Å²) < 4.78 is 35.0. The molecule has 2 heterocycles. The first kappa shape index (κ1) is 30.1. The molecule has 0 radical (unpaired) electrons. The lowest BCUT2D eigenvalue weighted by Gasteiger charge is -2.44. The highest BCUT2D eigenvalue weighted by Crippen LogP contribution is 2.47. The summed E-state index contributed by atoms with van der Waals surface area (Å²) in [5, 5.41) is 10.8. The number of hydrogen-bond acceptors (Lipinski definition) is 6. The summed E-state index contributed by atoms with van der Waals surface area (Å²) in [6, 6.07) is 11.4. The van der Waals surface area contributed by atoms with E-state index in [1.54, 1.807) is 32.0 Å². The van der Waals surface area contributed by atoms with Crippen LogP contribution in [0.15, 0.2) is 48.0 Å². The van der Waals surface area contributed by atoms with E-state index in [0.717, 1.165) is 54.9 Å². The summed E-state index contributed by atoms with van der Waals surface area (Å²) in [6.45, 7) is 5.28. The van der Waals surface area contributed by atoms with Crippen molar-refractivity contribution in [2.75, 3.05) is 24.6 Å². The Morgan fingerprint density at radius 1 is 1.14 bits per heavy atom. The number of nitrogens with one attached hydrogen (secondary N) is 1. The predicted octanol–water partition coefficient (Wildman–Crippen LogP) is 5.39. The first-order chi connectivity index (χ1) is 20.6. The van der Waals surface area contributed by atoms with Crippen LogP contribution in [0.25, 0.3) is 0 Å². The molecule has 43 heavy (non-hydrogen) atoms. The van der Waals surface area contributed by atoms with Gasteiger partial charge in [-0.1, -0.05) is 23.6 Å². The third kappa shape index (κ3) is 5.92. The molecule has 0 aromatic heterocycles. The largest absolute Gasteiger partial charge is 0.490 e. The molecule has 0 unspecified atom stereocenters. The van der Waals surface area contributed by atoms with E-state index in [1.807, 2.05) is 12.1 Å². The zero-order valence-corrected chi connectivity index (χ0v) is 26.3. The minimum absolute atomic E-state index is 0.198. The van der Waals surface area contributed by atoms with Gasteiger partial charge in [0.2, 0.25) is 10.0 Å². The minimum atomic E-state index is -3.96. The van der Waals surface area contributed by atoms with Gasteiger partial charge >= 0.3 is 0 Å². The monoisotopic (exact) mass is 622 g/mol. The number of hydrogen-bond donors (Lipinski definition) is 2. The van der Waals surface area contributed by atoms with Crippen molar-refractivity contribution in [3.63, 3.8) is 0 Å². The lowest BCUT2D eigenvalue weighted by molar-refractivity contribution is 0.0981.